The summed E-state index contributed by atoms with van der Waals surface area (Å²) in [5.74, 6) is -0.607. The molecule has 6 nitrogen and oxygen atoms in total. The van der Waals surface area contributed by atoms with Gasteiger partial charge in [0.25, 0.3) is 0 Å². The Morgan fingerprint density at radius 3 is 2.29 bits per heavy atom. The smallest absolute Gasteiger partial charge is 0.227 e. The lowest BCUT2D eigenvalue weighted by atomic mass is 9.96. The number of amides is 1. The quantitative estimate of drug-likeness (QED) is 0.783. The third-order valence-electron chi connectivity index (χ3n) is 5.01. The predicted molar refractivity (Wildman–Crippen MR) is 109 cm³/mol. The van der Waals surface area contributed by atoms with Crippen LogP contribution in [0.15, 0.2) is 48.5 Å². The molecule has 7 heteroatoms. The highest BCUT2D eigenvalue weighted by atomic mass is 32.2. The Kier molecular flexibility index (Phi) is 5.96. The zero-order chi connectivity index (χ0) is 20.3. The van der Waals surface area contributed by atoms with E-state index in [0.29, 0.717) is 42.7 Å². The molecule has 1 fully saturated rings. The topological polar surface area (TPSA) is 83.6 Å². The minimum absolute atomic E-state index is 0.147. The SMILES string of the molecule is Cc1ccc(NC(=O)C2CCN(S(C)(=O)=O)CC2)c(C(=O)c2ccccc2)c1. The second-order valence-corrected chi connectivity index (χ2v) is 9.15. The van der Waals surface area contributed by atoms with Crippen molar-refractivity contribution in [3.63, 3.8) is 0 Å². The van der Waals surface area contributed by atoms with Crippen LogP contribution in [0.4, 0.5) is 5.69 Å². The molecule has 1 N–H and O–H groups in total. The van der Waals surface area contributed by atoms with E-state index in [-0.39, 0.29) is 17.6 Å². The summed E-state index contributed by atoms with van der Waals surface area (Å²) < 4.78 is 24.7. The predicted octanol–water partition coefficient (Wildman–Crippen LogP) is 2.84. The Morgan fingerprint density at radius 2 is 1.68 bits per heavy atom. The number of carbonyl (C=O) groups is 2. The Balaban J connectivity index is 1.76. The number of ketones is 1. The Bertz CT molecular complexity index is 979. The van der Waals surface area contributed by atoms with Gasteiger partial charge in [0.1, 0.15) is 0 Å². The van der Waals surface area contributed by atoms with E-state index in [2.05, 4.69) is 5.32 Å². The molecule has 1 aliphatic heterocycles. The number of aryl methyl sites for hydroxylation is 1. The van der Waals surface area contributed by atoms with Gasteiger partial charge in [0.2, 0.25) is 15.9 Å². The van der Waals surface area contributed by atoms with Crippen molar-refractivity contribution in [3.8, 4) is 0 Å². The Morgan fingerprint density at radius 1 is 1.04 bits per heavy atom. The lowest BCUT2D eigenvalue weighted by molar-refractivity contribution is -0.120. The van der Waals surface area contributed by atoms with Crippen molar-refractivity contribution < 1.29 is 18.0 Å². The standard InChI is InChI=1S/C21H24N2O4S/c1-15-8-9-19(18(14-15)20(24)16-6-4-3-5-7-16)22-21(25)17-10-12-23(13-11-17)28(2,26)27/h3-9,14,17H,10-13H2,1-2H3,(H,22,25). The molecule has 0 atom stereocenters. The number of sulfonamides is 1. The van der Waals surface area contributed by atoms with E-state index in [9.17, 15) is 18.0 Å². The maximum atomic E-state index is 12.9. The van der Waals surface area contributed by atoms with Gasteiger partial charge in [-0.25, -0.2) is 12.7 Å². The number of anilines is 1. The first-order valence-electron chi connectivity index (χ1n) is 9.22. The summed E-state index contributed by atoms with van der Waals surface area (Å²) in [6.45, 7) is 2.57. The zero-order valence-electron chi connectivity index (χ0n) is 16.0. The van der Waals surface area contributed by atoms with Gasteiger partial charge in [-0.3, -0.25) is 9.59 Å². The maximum absolute atomic E-state index is 12.9. The van der Waals surface area contributed by atoms with Gasteiger partial charge in [-0.15, -0.1) is 0 Å². The van der Waals surface area contributed by atoms with Gasteiger partial charge in [-0.05, 0) is 31.9 Å². The largest absolute Gasteiger partial charge is 0.325 e. The van der Waals surface area contributed by atoms with Crippen LogP contribution in [0.1, 0.15) is 34.3 Å². The van der Waals surface area contributed by atoms with Crippen LogP contribution in [0.5, 0.6) is 0 Å². The van der Waals surface area contributed by atoms with E-state index in [1.807, 2.05) is 19.1 Å². The highest BCUT2D eigenvalue weighted by Crippen LogP contribution is 2.25. The van der Waals surface area contributed by atoms with Crippen LogP contribution in [-0.4, -0.2) is 43.8 Å². The number of rotatable bonds is 5. The van der Waals surface area contributed by atoms with Crippen molar-refractivity contribution >= 4 is 27.4 Å². The third kappa shape index (κ3) is 4.66. The van der Waals surface area contributed by atoms with Crippen molar-refractivity contribution in [2.24, 2.45) is 5.92 Å². The summed E-state index contributed by atoms with van der Waals surface area (Å²) >= 11 is 0. The normalized spacial score (nSPS) is 15.9. The Labute approximate surface area is 165 Å². The second-order valence-electron chi connectivity index (χ2n) is 7.17. The molecule has 2 aromatic carbocycles. The molecule has 0 aromatic heterocycles. The molecular formula is C21H24N2O4S. The molecule has 1 aliphatic rings. The van der Waals surface area contributed by atoms with Crippen LogP contribution < -0.4 is 5.32 Å². The van der Waals surface area contributed by atoms with Crippen LogP contribution in [0, 0.1) is 12.8 Å². The van der Waals surface area contributed by atoms with E-state index >= 15 is 0 Å². The number of piperidine rings is 1. The lowest BCUT2D eigenvalue weighted by Crippen LogP contribution is -2.41. The fourth-order valence-electron chi connectivity index (χ4n) is 3.38. The van der Waals surface area contributed by atoms with Crippen molar-refractivity contribution in [2.45, 2.75) is 19.8 Å². The second kappa shape index (κ2) is 8.24. The van der Waals surface area contributed by atoms with Gasteiger partial charge >= 0.3 is 0 Å². The maximum Gasteiger partial charge on any atom is 0.227 e. The summed E-state index contributed by atoms with van der Waals surface area (Å²) in [6, 6.07) is 14.3. The van der Waals surface area contributed by atoms with Gasteiger partial charge in [0, 0.05) is 30.1 Å². The molecule has 0 saturated carbocycles. The van der Waals surface area contributed by atoms with E-state index in [0.717, 1.165) is 5.56 Å². The number of nitrogens with one attached hydrogen (secondary N) is 1. The number of carbonyl (C=O) groups excluding carboxylic acids is 2. The van der Waals surface area contributed by atoms with E-state index in [4.69, 9.17) is 0 Å². The molecule has 0 spiro atoms. The minimum Gasteiger partial charge on any atom is -0.325 e. The van der Waals surface area contributed by atoms with Crippen LogP contribution in [-0.2, 0) is 14.8 Å². The first kappa shape index (κ1) is 20.2. The summed E-state index contributed by atoms with van der Waals surface area (Å²) in [4.78, 5) is 25.6. The fourth-order valence-corrected chi connectivity index (χ4v) is 4.26. The van der Waals surface area contributed by atoms with Crippen molar-refractivity contribution in [2.75, 3.05) is 24.7 Å². The summed E-state index contributed by atoms with van der Waals surface area (Å²) in [6.07, 6.45) is 2.11. The van der Waals surface area contributed by atoms with E-state index < -0.39 is 10.0 Å². The molecule has 3 rings (SSSR count). The van der Waals surface area contributed by atoms with Crippen LogP contribution in [0.25, 0.3) is 0 Å². The van der Waals surface area contributed by atoms with Gasteiger partial charge < -0.3 is 5.32 Å². The highest BCUT2D eigenvalue weighted by molar-refractivity contribution is 7.88. The molecule has 28 heavy (non-hydrogen) atoms. The average molecular weight is 401 g/mol. The molecule has 1 saturated heterocycles. The van der Waals surface area contributed by atoms with Crippen molar-refractivity contribution in [3.05, 3.63) is 65.2 Å². The van der Waals surface area contributed by atoms with Crippen LogP contribution in [0.2, 0.25) is 0 Å². The molecule has 0 aliphatic carbocycles. The van der Waals surface area contributed by atoms with Gasteiger partial charge in [0.05, 0.1) is 11.9 Å². The van der Waals surface area contributed by atoms with Gasteiger partial charge in [0.15, 0.2) is 5.78 Å². The summed E-state index contributed by atoms with van der Waals surface area (Å²) in [7, 11) is -3.23. The van der Waals surface area contributed by atoms with Crippen LogP contribution in [0.3, 0.4) is 0 Å². The van der Waals surface area contributed by atoms with Gasteiger partial charge in [-0.2, -0.15) is 0 Å². The molecule has 2 aromatic rings. The van der Waals surface area contributed by atoms with Crippen molar-refractivity contribution in [1.82, 2.24) is 4.31 Å². The first-order valence-corrected chi connectivity index (χ1v) is 11.1. The highest BCUT2D eigenvalue weighted by Gasteiger charge is 2.29. The summed E-state index contributed by atoms with van der Waals surface area (Å²) in [5, 5.41) is 2.88. The molecular weight excluding hydrogens is 376 g/mol. The number of nitrogens with zero attached hydrogens (tertiary/aromatic N) is 1. The average Bonchev–Trinajstić information content (AvgIpc) is 2.69. The molecule has 0 unspecified atom stereocenters. The zero-order valence-corrected chi connectivity index (χ0v) is 16.8. The minimum atomic E-state index is -3.23. The number of hydrogen-bond acceptors (Lipinski definition) is 4. The number of hydrogen-bond donors (Lipinski definition) is 1. The molecule has 0 bridgehead atoms. The monoisotopic (exact) mass is 400 g/mol. The van der Waals surface area contributed by atoms with E-state index in [1.165, 1.54) is 10.6 Å². The molecule has 1 heterocycles. The Hall–Kier alpha value is -2.51. The molecule has 1 amide bonds. The molecule has 0 radical (unpaired) electrons. The van der Waals surface area contributed by atoms with Crippen molar-refractivity contribution in [1.29, 1.82) is 0 Å². The van der Waals surface area contributed by atoms with E-state index in [1.54, 1.807) is 36.4 Å². The summed E-state index contributed by atoms with van der Waals surface area (Å²) in [5.41, 5.74) is 2.42. The first-order chi connectivity index (χ1) is 13.3. The molecule has 148 valence electrons. The fraction of sp³-hybridized carbons (Fsp3) is 0.333. The third-order valence-corrected chi connectivity index (χ3v) is 6.31. The van der Waals surface area contributed by atoms with Crippen LogP contribution >= 0.6 is 0 Å². The lowest BCUT2D eigenvalue weighted by Gasteiger charge is -2.29. The number of benzene rings is 2. The van der Waals surface area contributed by atoms with Gasteiger partial charge in [-0.1, -0.05) is 42.0 Å².